The van der Waals surface area contributed by atoms with Crippen LogP contribution in [0.15, 0.2) is 11.0 Å². The third-order valence-electron chi connectivity index (χ3n) is 4.31. The van der Waals surface area contributed by atoms with Crippen molar-refractivity contribution in [3.8, 4) is 0 Å². The number of nitrogens with zero attached hydrogens (tertiary/aromatic N) is 5. The zero-order valence-electron chi connectivity index (χ0n) is 12.6. The van der Waals surface area contributed by atoms with Gasteiger partial charge < -0.3 is 5.32 Å². The van der Waals surface area contributed by atoms with E-state index in [-0.39, 0.29) is 5.56 Å². The van der Waals surface area contributed by atoms with E-state index in [4.69, 9.17) is 0 Å². The first-order valence-electron chi connectivity index (χ1n) is 7.64. The van der Waals surface area contributed by atoms with Crippen molar-refractivity contribution >= 4 is 11.0 Å². The summed E-state index contributed by atoms with van der Waals surface area (Å²) in [6.45, 7) is 3.60. The van der Waals surface area contributed by atoms with Gasteiger partial charge in [0.1, 0.15) is 5.39 Å². The lowest BCUT2D eigenvalue weighted by Crippen LogP contribution is -2.37. The predicted molar refractivity (Wildman–Crippen MR) is 80.0 cm³/mol. The van der Waals surface area contributed by atoms with E-state index in [1.165, 1.54) is 30.4 Å². The minimum absolute atomic E-state index is 0.119. The zero-order valence-corrected chi connectivity index (χ0v) is 12.6. The average molecular weight is 290 g/mol. The zero-order chi connectivity index (χ0) is 14.8. The molecule has 2 heterocycles. The van der Waals surface area contributed by atoms with Crippen LogP contribution >= 0.6 is 0 Å². The normalized spacial score (nSPS) is 22.8. The Labute approximate surface area is 123 Å². The number of aryl methyl sites for hydroxylation is 1. The molecule has 114 valence electrons. The predicted octanol–water partition coefficient (Wildman–Crippen LogP) is 0.693. The Morgan fingerprint density at radius 3 is 3.10 bits per heavy atom. The van der Waals surface area contributed by atoms with Gasteiger partial charge in [-0.05, 0) is 18.8 Å². The second kappa shape index (κ2) is 5.93. The van der Waals surface area contributed by atoms with Gasteiger partial charge in [-0.3, -0.25) is 4.79 Å². The molecule has 0 aliphatic heterocycles. The van der Waals surface area contributed by atoms with Crippen LogP contribution in [0, 0.1) is 5.92 Å². The summed E-state index contributed by atoms with van der Waals surface area (Å²) in [6.07, 6.45) is 6.63. The minimum atomic E-state index is -0.119. The lowest BCUT2D eigenvalue weighted by Gasteiger charge is -2.27. The molecular weight excluding hydrogens is 268 g/mol. The Balaban J connectivity index is 1.63. The number of hydrogen-bond acceptors (Lipinski definition) is 5. The van der Waals surface area contributed by atoms with Crippen molar-refractivity contribution in [3.63, 3.8) is 0 Å². The van der Waals surface area contributed by atoms with E-state index < -0.39 is 0 Å². The van der Waals surface area contributed by atoms with Gasteiger partial charge in [-0.1, -0.05) is 25.0 Å². The number of rotatable bonds is 4. The van der Waals surface area contributed by atoms with Crippen molar-refractivity contribution in [2.24, 2.45) is 13.0 Å². The van der Waals surface area contributed by atoms with Crippen molar-refractivity contribution in [2.45, 2.75) is 45.2 Å². The lowest BCUT2D eigenvalue weighted by molar-refractivity contribution is 0.297. The quantitative estimate of drug-likeness (QED) is 0.896. The Morgan fingerprint density at radius 2 is 2.29 bits per heavy atom. The summed E-state index contributed by atoms with van der Waals surface area (Å²) in [7, 11) is 1.76. The standard InChI is InChI=1S/C14H22N6O/c1-10-4-3-5-11(8-10)15-6-7-20-14(21)12-9-16-19(2)13(12)17-18-20/h9-11,15H,3-8H2,1-2H3. The molecule has 3 rings (SSSR count). The molecule has 0 amide bonds. The number of aromatic nitrogens is 5. The first kappa shape index (κ1) is 14.2. The molecule has 7 heteroatoms. The van der Waals surface area contributed by atoms with E-state index in [0.29, 0.717) is 23.6 Å². The molecule has 0 saturated heterocycles. The van der Waals surface area contributed by atoms with Gasteiger partial charge in [-0.15, -0.1) is 5.10 Å². The molecule has 7 nitrogen and oxygen atoms in total. The largest absolute Gasteiger partial charge is 0.312 e. The lowest BCUT2D eigenvalue weighted by atomic mass is 9.87. The molecule has 2 atom stereocenters. The summed E-state index contributed by atoms with van der Waals surface area (Å²) in [6, 6.07) is 0.569. The highest BCUT2D eigenvalue weighted by Crippen LogP contribution is 2.23. The second-order valence-corrected chi connectivity index (χ2v) is 6.05. The van der Waals surface area contributed by atoms with Gasteiger partial charge in [0.15, 0.2) is 5.65 Å². The van der Waals surface area contributed by atoms with E-state index in [0.717, 1.165) is 12.5 Å². The third-order valence-corrected chi connectivity index (χ3v) is 4.31. The molecule has 0 bridgehead atoms. The van der Waals surface area contributed by atoms with Crippen LogP contribution in [-0.2, 0) is 13.6 Å². The highest BCUT2D eigenvalue weighted by atomic mass is 16.1. The number of fused-ring (bicyclic) bond motifs is 1. The molecular formula is C14H22N6O. The summed E-state index contributed by atoms with van der Waals surface area (Å²) in [5.74, 6) is 0.797. The summed E-state index contributed by atoms with van der Waals surface area (Å²) in [4.78, 5) is 12.3. The third kappa shape index (κ3) is 2.97. The van der Waals surface area contributed by atoms with Gasteiger partial charge >= 0.3 is 0 Å². The van der Waals surface area contributed by atoms with Crippen molar-refractivity contribution in [3.05, 3.63) is 16.6 Å². The van der Waals surface area contributed by atoms with Crippen molar-refractivity contribution in [1.82, 2.24) is 30.1 Å². The van der Waals surface area contributed by atoms with Gasteiger partial charge in [0.05, 0.1) is 12.7 Å². The Kier molecular flexibility index (Phi) is 4.01. The van der Waals surface area contributed by atoms with Crippen LogP contribution in [0.3, 0.4) is 0 Å². The van der Waals surface area contributed by atoms with E-state index in [1.54, 1.807) is 17.9 Å². The van der Waals surface area contributed by atoms with E-state index >= 15 is 0 Å². The fraction of sp³-hybridized carbons (Fsp3) is 0.714. The van der Waals surface area contributed by atoms with Gasteiger partial charge in [0.2, 0.25) is 0 Å². The monoisotopic (exact) mass is 290 g/mol. The maximum atomic E-state index is 12.3. The van der Waals surface area contributed by atoms with E-state index in [1.807, 2.05) is 0 Å². The Morgan fingerprint density at radius 1 is 1.43 bits per heavy atom. The van der Waals surface area contributed by atoms with Gasteiger partial charge in [0, 0.05) is 19.6 Å². The summed E-state index contributed by atoms with van der Waals surface area (Å²) in [5, 5.41) is 16.2. The van der Waals surface area contributed by atoms with Crippen LogP contribution in [-0.4, -0.2) is 37.4 Å². The highest BCUT2D eigenvalue weighted by molar-refractivity contribution is 5.72. The Bertz CT molecular complexity index is 676. The van der Waals surface area contributed by atoms with Crippen molar-refractivity contribution in [1.29, 1.82) is 0 Å². The molecule has 2 unspecified atom stereocenters. The fourth-order valence-electron chi connectivity index (χ4n) is 3.12. The Hall–Kier alpha value is -1.76. The molecule has 1 saturated carbocycles. The molecule has 0 spiro atoms. The van der Waals surface area contributed by atoms with E-state index in [9.17, 15) is 4.79 Å². The smallest absolute Gasteiger partial charge is 0.280 e. The fourth-order valence-corrected chi connectivity index (χ4v) is 3.12. The van der Waals surface area contributed by atoms with Gasteiger partial charge in [-0.25, -0.2) is 9.36 Å². The topological polar surface area (TPSA) is 77.6 Å². The van der Waals surface area contributed by atoms with Crippen LogP contribution in [0.4, 0.5) is 0 Å². The molecule has 2 aromatic heterocycles. The number of hydrogen-bond donors (Lipinski definition) is 1. The van der Waals surface area contributed by atoms with Crippen molar-refractivity contribution < 1.29 is 0 Å². The SMILES string of the molecule is CC1CCCC(NCCn2nnc3c(cnn3C)c2=O)C1. The van der Waals surface area contributed by atoms with Crippen molar-refractivity contribution in [2.75, 3.05) is 6.54 Å². The summed E-state index contributed by atoms with van der Waals surface area (Å²) >= 11 is 0. The first-order valence-corrected chi connectivity index (χ1v) is 7.64. The molecule has 1 aliphatic carbocycles. The summed E-state index contributed by atoms with van der Waals surface area (Å²) in [5.41, 5.74) is 0.414. The summed E-state index contributed by atoms with van der Waals surface area (Å²) < 4.78 is 2.99. The van der Waals surface area contributed by atoms with Crippen LogP contribution in [0.5, 0.6) is 0 Å². The molecule has 0 aromatic carbocycles. The minimum Gasteiger partial charge on any atom is -0.312 e. The van der Waals surface area contributed by atoms with Gasteiger partial charge in [0.25, 0.3) is 5.56 Å². The second-order valence-electron chi connectivity index (χ2n) is 6.05. The maximum absolute atomic E-state index is 12.3. The van der Waals surface area contributed by atoms with Crippen LogP contribution < -0.4 is 10.9 Å². The average Bonchev–Trinajstić information content (AvgIpc) is 2.84. The molecule has 1 fully saturated rings. The molecule has 2 aromatic rings. The van der Waals surface area contributed by atoms with Crippen LogP contribution in [0.25, 0.3) is 11.0 Å². The molecule has 1 N–H and O–H groups in total. The van der Waals surface area contributed by atoms with E-state index in [2.05, 4.69) is 27.7 Å². The molecule has 1 aliphatic rings. The highest BCUT2D eigenvalue weighted by Gasteiger charge is 2.18. The molecule has 0 radical (unpaired) electrons. The van der Waals surface area contributed by atoms with Crippen LogP contribution in [0.1, 0.15) is 32.6 Å². The first-order chi connectivity index (χ1) is 10.1. The van der Waals surface area contributed by atoms with Crippen LogP contribution in [0.2, 0.25) is 0 Å². The maximum Gasteiger partial charge on any atom is 0.280 e. The molecule has 21 heavy (non-hydrogen) atoms. The van der Waals surface area contributed by atoms with Gasteiger partial charge in [-0.2, -0.15) is 5.10 Å². The number of nitrogens with one attached hydrogen (secondary N) is 1.